The van der Waals surface area contributed by atoms with E-state index in [-0.39, 0.29) is 12.2 Å². The van der Waals surface area contributed by atoms with Crippen LogP contribution >= 0.6 is 0 Å². The SMILES string of the molecule is CCCC(=O)CC(=O)[O][In]([O]CC)[O]CC. The minimum atomic E-state index is -3.07. The van der Waals surface area contributed by atoms with Crippen molar-refractivity contribution >= 4 is 34.5 Å². The molecule has 0 saturated heterocycles. The summed E-state index contributed by atoms with van der Waals surface area (Å²) in [7, 11) is 0. The third-order valence-electron chi connectivity index (χ3n) is 1.70. The van der Waals surface area contributed by atoms with E-state index in [4.69, 9.17) is 8.56 Å². The monoisotopic (exact) mass is 334 g/mol. The zero-order chi connectivity index (χ0) is 12.4. The number of carbonyl (C=O) groups excluding carboxylic acids is 2. The van der Waals surface area contributed by atoms with Crippen molar-refractivity contribution in [3.8, 4) is 0 Å². The predicted molar refractivity (Wildman–Crippen MR) is 59.6 cm³/mol. The molecular formula is C10H19InO5. The summed E-state index contributed by atoms with van der Waals surface area (Å²) in [5, 5.41) is 0. The van der Waals surface area contributed by atoms with Gasteiger partial charge in [-0.05, 0) is 0 Å². The van der Waals surface area contributed by atoms with Crippen molar-refractivity contribution in [1.82, 2.24) is 0 Å². The van der Waals surface area contributed by atoms with E-state index in [0.717, 1.165) is 6.42 Å². The Balaban J connectivity index is 3.93. The van der Waals surface area contributed by atoms with Crippen molar-refractivity contribution in [3.63, 3.8) is 0 Å². The minimum absolute atomic E-state index is 0.0921. The molecule has 0 bridgehead atoms. The van der Waals surface area contributed by atoms with Crippen LogP contribution in [0.25, 0.3) is 0 Å². The zero-order valence-electron chi connectivity index (χ0n) is 10.2. The van der Waals surface area contributed by atoms with Crippen molar-refractivity contribution < 1.29 is 18.2 Å². The molecule has 0 aliphatic rings. The van der Waals surface area contributed by atoms with Crippen molar-refractivity contribution in [2.45, 2.75) is 40.0 Å². The first-order valence-corrected chi connectivity index (χ1v) is 9.62. The van der Waals surface area contributed by atoms with Crippen LogP contribution in [-0.4, -0.2) is 47.7 Å². The molecule has 0 aromatic carbocycles. The first-order valence-electron chi connectivity index (χ1n) is 5.58. The van der Waals surface area contributed by atoms with Crippen LogP contribution in [0.3, 0.4) is 0 Å². The van der Waals surface area contributed by atoms with Gasteiger partial charge in [0.05, 0.1) is 0 Å². The first kappa shape index (κ1) is 15.9. The number of carbonyl (C=O) groups is 2. The van der Waals surface area contributed by atoms with Gasteiger partial charge in [0.2, 0.25) is 0 Å². The summed E-state index contributed by atoms with van der Waals surface area (Å²) in [4.78, 5) is 22.5. The summed E-state index contributed by atoms with van der Waals surface area (Å²) in [5.41, 5.74) is 0. The van der Waals surface area contributed by atoms with Crippen LogP contribution in [0.2, 0.25) is 0 Å². The normalized spacial score (nSPS) is 9.94. The molecule has 0 radical (unpaired) electrons. The Morgan fingerprint density at radius 1 is 1.06 bits per heavy atom. The molecule has 0 aliphatic heterocycles. The fourth-order valence-electron chi connectivity index (χ4n) is 1.07. The Kier molecular flexibility index (Phi) is 10.1. The maximum atomic E-state index is 11.3. The molecule has 0 N–H and O–H groups in total. The van der Waals surface area contributed by atoms with Crippen LogP contribution in [0.1, 0.15) is 40.0 Å². The Labute approximate surface area is 106 Å². The summed E-state index contributed by atoms with van der Waals surface area (Å²) in [6.07, 6.45) is 0.996. The Bertz CT molecular complexity index is 213. The van der Waals surface area contributed by atoms with Gasteiger partial charge in [0.1, 0.15) is 0 Å². The standard InChI is InChI=1S/C6H10O3.2C2H5O.In/c1-2-3-5(7)4-6(8)9;2*1-2-3;/h2-4H2,1H3,(H,8,9);2*2H2,1H3;/q;2*-1;+3/p-1. The molecule has 5 nitrogen and oxygen atoms in total. The third-order valence-corrected chi connectivity index (χ3v) is 6.46. The van der Waals surface area contributed by atoms with Gasteiger partial charge in [-0.25, -0.2) is 0 Å². The van der Waals surface area contributed by atoms with E-state index in [2.05, 4.69) is 0 Å². The number of hydrogen-bond acceptors (Lipinski definition) is 5. The van der Waals surface area contributed by atoms with Gasteiger partial charge in [0, 0.05) is 0 Å². The van der Waals surface area contributed by atoms with Gasteiger partial charge in [-0.1, -0.05) is 0 Å². The van der Waals surface area contributed by atoms with E-state index in [9.17, 15) is 9.59 Å². The van der Waals surface area contributed by atoms with Crippen LogP contribution < -0.4 is 0 Å². The molecule has 0 aromatic rings. The molecule has 0 amide bonds. The van der Waals surface area contributed by atoms with Crippen molar-refractivity contribution in [2.24, 2.45) is 0 Å². The van der Waals surface area contributed by atoms with Crippen molar-refractivity contribution in [1.29, 1.82) is 0 Å². The van der Waals surface area contributed by atoms with Crippen LogP contribution in [0.4, 0.5) is 0 Å². The molecular weight excluding hydrogens is 315 g/mol. The molecule has 0 saturated carbocycles. The van der Waals surface area contributed by atoms with Gasteiger partial charge < -0.3 is 0 Å². The van der Waals surface area contributed by atoms with E-state index in [1.807, 2.05) is 20.8 Å². The third kappa shape index (κ3) is 8.13. The fraction of sp³-hybridized carbons (Fsp3) is 0.800. The van der Waals surface area contributed by atoms with Gasteiger partial charge >= 0.3 is 106 Å². The molecule has 0 unspecified atom stereocenters. The number of rotatable bonds is 9. The molecule has 92 valence electrons. The van der Waals surface area contributed by atoms with Gasteiger partial charge in [-0.3, -0.25) is 0 Å². The van der Waals surface area contributed by atoms with Crippen molar-refractivity contribution in [2.75, 3.05) is 13.2 Å². The molecule has 0 spiro atoms. The Morgan fingerprint density at radius 2 is 1.62 bits per heavy atom. The number of hydrogen-bond donors (Lipinski definition) is 0. The first-order chi connectivity index (χ1) is 7.63. The van der Waals surface area contributed by atoms with Crippen LogP contribution in [-0.2, 0) is 18.2 Å². The second kappa shape index (κ2) is 10.1. The predicted octanol–water partition coefficient (Wildman–Crippen LogP) is 1.35. The van der Waals surface area contributed by atoms with Gasteiger partial charge in [-0.15, -0.1) is 0 Å². The summed E-state index contributed by atoms with van der Waals surface area (Å²) in [5.74, 6) is -0.605. The van der Waals surface area contributed by atoms with Gasteiger partial charge in [-0.2, -0.15) is 0 Å². The molecule has 0 aromatic heterocycles. The van der Waals surface area contributed by atoms with E-state index in [1.54, 1.807) is 0 Å². The van der Waals surface area contributed by atoms with Crippen LogP contribution in [0, 0.1) is 0 Å². The topological polar surface area (TPSA) is 61.8 Å². The van der Waals surface area contributed by atoms with E-state index in [0.29, 0.717) is 19.6 Å². The number of ketones is 1. The van der Waals surface area contributed by atoms with E-state index >= 15 is 0 Å². The van der Waals surface area contributed by atoms with Crippen LogP contribution in [0.5, 0.6) is 0 Å². The maximum absolute atomic E-state index is 11.3. The second-order valence-electron chi connectivity index (χ2n) is 3.15. The average molecular weight is 334 g/mol. The van der Waals surface area contributed by atoms with Crippen LogP contribution in [0.15, 0.2) is 0 Å². The summed E-state index contributed by atoms with van der Waals surface area (Å²) in [6.45, 7) is 6.47. The Hall–Kier alpha value is -0.0699. The molecule has 16 heavy (non-hydrogen) atoms. The van der Waals surface area contributed by atoms with Gasteiger partial charge in [0.15, 0.2) is 0 Å². The molecule has 0 rings (SSSR count). The quantitative estimate of drug-likeness (QED) is 0.596. The molecule has 6 heteroatoms. The fourth-order valence-corrected chi connectivity index (χ4v) is 4.13. The molecule has 0 heterocycles. The summed E-state index contributed by atoms with van der Waals surface area (Å²) >= 11 is -3.07. The second-order valence-corrected chi connectivity index (χ2v) is 7.38. The van der Waals surface area contributed by atoms with E-state index in [1.165, 1.54) is 0 Å². The molecule has 0 atom stereocenters. The molecule has 0 aliphatic carbocycles. The summed E-state index contributed by atoms with van der Waals surface area (Å²) in [6, 6.07) is 0. The average Bonchev–Trinajstić information content (AvgIpc) is 2.18. The van der Waals surface area contributed by atoms with E-state index < -0.39 is 28.7 Å². The Morgan fingerprint density at radius 3 is 2.06 bits per heavy atom. The zero-order valence-corrected chi connectivity index (χ0v) is 13.4. The van der Waals surface area contributed by atoms with Gasteiger partial charge in [0.25, 0.3) is 0 Å². The summed E-state index contributed by atoms with van der Waals surface area (Å²) < 4.78 is 15.5. The molecule has 0 fully saturated rings. The van der Waals surface area contributed by atoms with Crippen molar-refractivity contribution in [3.05, 3.63) is 0 Å². The number of Topliss-reactive ketones (excluding diaryl/α,β-unsaturated/α-hetero) is 1.